The Hall–Kier alpha value is -2.16. The zero-order valence-corrected chi connectivity index (χ0v) is 10.7. The summed E-state index contributed by atoms with van der Waals surface area (Å²) in [5.41, 5.74) is 9.90. The summed E-state index contributed by atoms with van der Waals surface area (Å²) >= 11 is 0. The van der Waals surface area contributed by atoms with Crippen LogP contribution >= 0.6 is 0 Å². The highest BCUT2D eigenvalue weighted by atomic mass is 16.5. The lowest BCUT2D eigenvalue weighted by Crippen LogP contribution is -2.03. The van der Waals surface area contributed by atoms with Gasteiger partial charge in [0.2, 0.25) is 0 Å². The van der Waals surface area contributed by atoms with Gasteiger partial charge < -0.3 is 15.8 Å². The molecule has 2 aromatic rings. The third kappa shape index (κ3) is 2.74. The van der Waals surface area contributed by atoms with Crippen LogP contribution in [0.5, 0.6) is 5.75 Å². The lowest BCUT2D eigenvalue weighted by atomic mass is 10.1. The summed E-state index contributed by atoms with van der Waals surface area (Å²) in [6, 6.07) is 14.1. The molecule has 0 amide bonds. The summed E-state index contributed by atoms with van der Waals surface area (Å²) in [4.78, 5) is 0. The zero-order chi connectivity index (χ0) is 13.0. The first-order valence-corrected chi connectivity index (χ1v) is 5.92. The molecule has 3 nitrogen and oxygen atoms in total. The van der Waals surface area contributed by atoms with Crippen molar-refractivity contribution in [1.29, 1.82) is 0 Å². The molecule has 3 N–H and O–H groups in total. The SMILES string of the molecule is COc1cc(NCc2ccccc2)c(N)cc1C. The molecule has 0 saturated heterocycles. The quantitative estimate of drug-likeness (QED) is 0.809. The second kappa shape index (κ2) is 5.45. The minimum absolute atomic E-state index is 0.740. The number of anilines is 2. The molecular formula is C15H18N2O. The molecule has 0 fully saturated rings. The van der Waals surface area contributed by atoms with Gasteiger partial charge in [0.15, 0.2) is 0 Å². The van der Waals surface area contributed by atoms with Gasteiger partial charge in [-0.2, -0.15) is 0 Å². The van der Waals surface area contributed by atoms with Crippen molar-refractivity contribution in [1.82, 2.24) is 0 Å². The Labute approximate surface area is 108 Å². The Morgan fingerprint density at radius 1 is 1.17 bits per heavy atom. The molecule has 0 aliphatic heterocycles. The predicted octanol–water partition coefficient (Wildman–Crippen LogP) is 3.20. The highest BCUT2D eigenvalue weighted by Crippen LogP contribution is 2.28. The van der Waals surface area contributed by atoms with Gasteiger partial charge in [-0.25, -0.2) is 0 Å². The first-order valence-electron chi connectivity index (χ1n) is 5.92. The van der Waals surface area contributed by atoms with Gasteiger partial charge >= 0.3 is 0 Å². The highest BCUT2D eigenvalue weighted by Gasteiger charge is 2.05. The summed E-state index contributed by atoms with van der Waals surface area (Å²) in [5, 5.41) is 3.33. The maximum atomic E-state index is 5.99. The van der Waals surface area contributed by atoms with Crippen LogP contribution in [0.3, 0.4) is 0 Å². The molecular weight excluding hydrogens is 224 g/mol. The average molecular weight is 242 g/mol. The van der Waals surface area contributed by atoms with Crippen LogP contribution < -0.4 is 15.8 Å². The Morgan fingerprint density at radius 2 is 1.89 bits per heavy atom. The van der Waals surface area contributed by atoms with Crippen LogP contribution in [0.15, 0.2) is 42.5 Å². The number of nitrogens with two attached hydrogens (primary N) is 1. The molecule has 0 heterocycles. The maximum absolute atomic E-state index is 5.99. The third-order valence-electron chi connectivity index (χ3n) is 2.89. The van der Waals surface area contributed by atoms with E-state index in [1.807, 2.05) is 37.3 Å². The maximum Gasteiger partial charge on any atom is 0.123 e. The predicted molar refractivity (Wildman–Crippen MR) is 75.9 cm³/mol. The molecule has 2 aromatic carbocycles. The lowest BCUT2D eigenvalue weighted by Gasteiger charge is -2.13. The number of methoxy groups -OCH3 is 1. The number of hydrogen-bond donors (Lipinski definition) is 2. The molecule has 0 radical (unpaired) electrons. The summed E-state index contributed by atoms with van der Waals surface area (Å²) in [5.74, 6) is 0.847. The molecule has 0 unspecified atom stereocenters. The van der Waals surface area contributed by atoms with E-state index in [9.17, 15) is 0 Å². The van der Waals surface area contributed by atoms with E-state index in [4.69, 9.17) is 10.5 Å². The molecule has 94 valence electrons. The van der Waals surface area contributed by atoms with Gasteiger partial charge in [-0.05, 0) is 24.1 Å². The number of benzene rings is 2. The van der Waals surface area contributed by atoms with E-state index in [0.717, 1.165) is 29.2 Å². The second-order valence-corrected chi connectivity index (χ2v) is 4.25. The molecule has 0 bridgehead atoms. The van der Waals surface area contributed by atoms with Gasteiger partial charge in [-0.1, -0.05) is 30.3 Å². The first kappa shape index (κ1) is 12.3. The van der Waals surface area contributed by atoms with Gasteiger partial charge in [-0.15, -0.1) is 0 Å². The second-order valence-electron chi connectivity index (χ2n) is 4.25. The Bertz CT molecular complexity index is 524. The fraction of sp³-hybridized carbons (Fsp3) is 0.200. The van der Waals surface area contributed by atoms with Gasteiger partial charge in [0, 0.05) is 12.6 Å². The summed E-state index contributed by atoms with van der Waals surface area (Å²) in [6.45, 7) is 2.73. The monoisotopic (exact) mass is 242 g/mol. The van der Waals surface area contributed by atoms with Crippen molar-refractivity contribution in [3.8, 4) is 5.75 Å². The number of nitrogen functional groups attached to an aromatic ring is 1. The molecule has 3 heteroatoms. The Morgan fingerprint density at radius 3 is 2.56 bits per heavy atom. The van der Waals surface area contributed by atoms with E-state index in [0.29, 0.717) is 0 Å². The number of ether oxygens (including phenoxy) is 1. The molecule has 2 rings (SSSR count). The van der Waals surface area contributed by atoms with Crippen LogP contribution in [0, 0.1) is 6.92 Å². The zero-order valence-electron chi connectivity index (χ0n) is 10.7. The highest BCUT2D eigenvalue weighted by molar-refractivity contribution is 5.70. The van der Waals surface area contributed by atoms with E-state index in [-0.39, 0.29) is 0 Å². The molecule has 0 spiro atoms. The van der Waals surface area contributed by atoms with E-state index < -0.39 is 0 Å². The Balaban J connectivity index is 2.14. The number of rotatable bonds is 4. The van der Waals surface area contributed by atoms with Crippen molar-refractivity contribution in [2.24, 2.45) is 0 Å². The van der Waals surface area contributed by atoms with Crippen molar-refractivity contribution in [2.45, 2.75) is 13.5 Å². The van der Waals surface area contributed by atoms with Crippen LogP contribution in [0.4, 0.5) is 11.4 Å². The summed E-state index contributed by atoms with van der Waals surface area (Å²) < 4.78 is 5.30. The minimum Gasteiger partial charge on any atom is -0.496 e. The minimum atomic E-state index is 0.740. The van der Waals surface area contributed by atoms with E-state index >= 15 is 0 Å². The molecule has 0 atom stereocenters. The fourth-order valence-electron chi connectivity index (χ4n) is 1.88. The van der Waals surface area contributed by atoms with E-state index in [1.54, 1.807) is 7.11 Å². The topological polar surface area (TPSA) is 47.3 Å². The lowest BCUT2D eigenvalue weighted by molar-refractivity contribution is 0.412. The van der Waals surface area contributed by atoms with Crippen molar-refractivity contribution in [3.63, 3.8) is 0 Å². The van der Waals surface area contributed by atoms with Crippen LogP contribution in [0.25, 0.3) is 0 Å². The molecule has 18 heavy (non-hydrogen) atoms. The molecule has 0 saturated carbocycles. The van der Waals surface area contributed by atoms with Crippen molar-refractivity contribution in [2.75, 3.05) is 18.2 Å². The van der Waals surface area contributed by atoms with Crippen LogP contribution in [0.2, 0.25) is 0 Å². The van der Waals surface area contributed by atoms with Crippen LogP contribution in [-0.2, 0) is 6.54 Å². The van der Waals surface area contributed by atoms with Gasteiger partial charge in [0.1, 0.15) is 5.75 Å². The number of hydrogen-bond acceptors (Lipinski definition) is 3. The van der Waals surface area contributed by atoms with Gasteiger partial charge in [-0.3, -0.25) is 0 Å². The van der Waals surface area contributed by atoms with E-state index in [1.165, 1.54) is 5.56 Å². The number of nitrogens with one attached hydrogen (secondary N) is 1. The normalized spacial score (nSPS) is 10.1. The van der Waals surface area contributed by atoms with Crippen molar-refractivity contribution in [3.05, 3.63) is 53.6 Å². The largest absolute Gasteiger partial charge is 0.496 e. The van der Waals surface area contributed by atoms with Crippen LogP contribution in [0.1, 0.15) is 11.1 Å². The molecule has 0 aliphatic carbocycles. The summed E-state index contributed by atoms with van der Waals surface area (Å²) in [7, 11) is 1.67. The first-order chi connectivity index (χ1) is 8.70. The molecule has 0 aliphatic rings. The third-order valence-corrected chi connectivity index (χ3v) is 2.89. The number of aryl methyl sites for hydroxylation is 1. The average Bonchev–Trinajstić information content (AvgIpc) is 2.39. The van der Waals surface area contributed by atoms with Crippen molar-refractivity contribution < 1.29 is 4.74 Å². The Kier molecular flexibility index (Phi) is 3.72. The van der Waals surface area contributed by atoms with Crippen LogP contribution in [-0.4, -0.2) is 7.11 Å². The van der Waals surface area contributed by atoms with Crippen molar-refractivity contribution >= 4 is 11.4 Å². The van der Waals surface area contributed by atoms with Gasteiger partial charge in [0.25, 0.3) is 0 Å². The standard InChI is InChI=1S/C15H18N2O/c1-11-8-13(16)14(9-15(11)18-2)17-10-12-6-4-3-5-7-12/h3-9,17H,10,16H2,1-2H3. The summed E-state index contributed by atoms with van der Waals surface area (Å²) in [6.07, 6.45) is 0. The fourth-order valence-corrected chi connectivity index (χ4v) is 1.88. The molecule has 0 aromatic heterocycles. The smallest absolute Gasteiger partial charge is 0.123 e. The van der Waals surface area contributed by atoms with E-state index in [2.05, 4.69) is 17.4 Å². The van der Waals surface area contributed by atoms with Gasteiger partial charge in [0.05, 0.1) is 18.5 Å².